The zero-order valence-corrected chi connectivity index (χ0v) is 8.63. The van der Waals surface area contributed by atoms with Crippen molar-refractivity contribution in [3.8, 4) is 0 Å². The molecular formula is C9H20N2O2. The average molecular weight is 188 g/mol. The van der Waals surface area contributed by atoms with Crippen molar-refractivity contribution in [2.45, 2.75) is 45.3 Å². The van der Waals surface area contributed by atoms with Crippen LogP contribution in [0.25, 0.3) is 0 Å². The number of rotatable bonds is 5. The largest absolute Gasteiger partial charge is 0.393 e. The molecule has 0 bridgehead atoms. The number of amides is 1. The first-order valence-corrected chi connectivity index (χ1v) is 4.59. The van der Waals surface area contributed by atoms with E-state index in [1.165, 1.54) is 0 Å². The van der Waals surface area contributed by atoms with Gasteiger partial charge in [-0.25, -0.2) is 0 Å². The molecule has 0 aliphatic heterocycles. The van der Waals surface area contributed by atoms with E-state index in [0.717, 1.165) is 6.42 Å². The molecule has 0 aromatic carbocycles. The summed E-state index contributed by atoms with van der Waals surface area (Å²) in [4.78, 5) is 11.2. The summed E-state index contributed by atoms with van der Waals surface area (Å²) in [6.45, 7) is 5.63. The number of carbonyl (C=O) groups is 1. The van der Waals surface area contributed by atoms with Crippen molar-refractivity contribution in [2.24, 2.45) is 5.73 Å². The van der Waals surface area contributed by atoms with Gasteiger partial charge < -0.3 is 16.2 Å². The Bertz CT molecular complexity index is 161. The van der Waals surface area contributed by atoms with Gasteiger partial charge in [0, 0.05) is 6.54 Å². The molecule has 0 aromatic rings. The molecule has 1 amide bonds. The molecule has 0 spiro atoms. The number of aliphatic hydroxyl groups is 1. The summed E-state index contributed by atoms with van der Waals surface area (Å²) < 4.78 is 0. The van der Waals surface area contributed by atoms with Crippen molar-refractivity contribution < 1.29 is 9.90 Å². The lowest BCUT2D eigenvalue weighted by Gasteiger charge is -2.17. The predicted molar refractivity (Wildman–Crippen MR) is 52.2 cm³/mol. The summed E-state index contributed by atoms with van der Waals surface area (Å²) in [5.41, 5.74) is 4.74. The molecule has 0 saturated heterocycles. The highest BCUT2D eigenvalue weighted by Gasteiger charge is 2.20. The van der Waals surface area contributed by atoms with Crippen molar-refractivity contribution in [1.82, 2.24) is 5.32 Å². The van der Waals surface area contributed by atoms with Crippen LogP contribution in [0.4, 0.5) is 0 Å². The molecule has 0 aliphatic rings. The molecule has 4 heteroatoms. The lowest BCUT2D eigenvalue weighted by Crippen LogP contribution is -2.49. The van der Waals surface area contributed by atoms with Gasteiger partial charge in [-0.1, -0.05) is 0 Å². The summed E-state index contributed by atoms with van der Waals surface area (Å²) in [6.07, 6.45) is 1.17. The van der Waals surface area contributed by atoms with E-state index in [-0.39, 0.29) is 12.0 Å². The Kier molecular flexibility index (Phi) is 4.95. The molecule has 0 aromatic heterocycles. The maximum atomic E-state index is 11.2. The highest BCUT2D eigenvalue weighted by Crippen LogP contribution is 1.97. The lowest BCUT2D eigenvalue weighted by atomic mass is 10.1. The minimum absolute atomic E-state index is 0.155. The fraction of sp³-hybridized carbons (Fsp3) is 0.889. The number of carbonyl (C=O) groups excluding carboxylic acids is 1. The lowest BCUT2D eigenvalue weighted by molar-refractivity contribution is -0.125. The van der Waals surface area contributed by atoms with Gasteiger partial charge in [0.15, 0.2) is 0 Å². The van der Waals surface area contributed by atoms with Crippen molar-refractivity contribution in [2.75, 3.05) is 6.54 Å². The number of nitrogens with two attached hydrogens (primary N) is 1. The van der Waals surface area contributed by atoms with Crippen LogP contribution in [0.15, 0.2) is 0 Å². The summed E-state index contributed by atoms with van der Waals surface area (Å²) in [6, 6.07) is 0. The van der Waals surface area contributed by atoms with Gasteiger partial charge in [0.25, 0.3) is 0 Å². The third-order valence-electron chi connectivity index (χ3n) is 1.67. The Hall–Kier alpha value is -0.610. The molecule has 1 unspecified atom stereocenters. The third kappa shape index (κ3) is 6.54. The zero-order chi connectivity index (χ0) is 10.5. The molecule has 4 nitrogen and oxygen atoms in total. The van der Waals surface area contributed by atoms with Crippen molar-refractivity contribution >= 4 is 5.91 Å². The maximum absolute atomic E-state index is 11.2. The first kappa shape index (κ1) is 12.4. The standard InChI is InChI=1S/C9H20N2O2/c1-7(12)5-4-6-11-8(13)9(2,3)10/h7,12H,4-6,10H2,1-3H3,(H,11,13). The Morgan fingerprint density at radius 1 is 1.62 bits per heavy atom. The molecule has 0 heterocycles. The van der Waals surface area contributed by atoms with Gasteiger partial charge in [-0.3, -0.25) is 4.79 Å². The van der Waals surface area contributed by atoms with Crippen LogP contribution < -0.4 is 11.1 Å². The molecule has 1 atom stereocenters. The molecule has 0 aliphatic carbocycles. The van der Waals surface area contributed by atoms with E-state index in [9.17, 15) is 4.79 Å². The van der Waals surface area contributed by atoms with Crippen LogP contribution in [0.2, 0.25) is 0 Å². The van der Waals surface area contributed by atoms with E-state index in [4.69, 9.17) is 10.8 Å². The maximum Gasteiger partial charge on any atom is 0.239 e. The van der Waals surface area contributed by atoms with Crippen molar-refractivity contribution in [3.05, 3.63) is 0 Å². The number of hydrogen-bond donors (Lipinski definition) is 3. The zero-order valence-electron chi connectivity index (χ0n) is 8.63. The quantitative estimate of drug-likeness (QED) is 0.532. The molecule has 0 saturated carbocycles. The first-order chi connectivity index (χ1) is 5.84. The van der Waals surface area contributed by atoms with E-state index in [1.54, 1.807) is 20.8 Å². The number of aliphatic hydroxyl groups excluding tert-OH is 1. The van der Waals surface area contributed by atoms with E-state index in [2.05, 4.69) is 5.32 Å². The Labute approximate surface area is 79.5 Å². The van der Waals surface area contributed by atoms with Gasteiger partial charge in [-0.05, 0) is 33.6 Å². The van der Waals surface area contributed by atoms with E-state index in [0.29, 0.717) is 13.0 Å². The van der Waals surface area contributed by atoms with Crippen molar-refractivity contribution in [1.29, 1.82) is 0 Å². The fourth-order valence-corrected chi connectivity index (χ4v) is 0.827. The van der Waals surface area contributed by atoms with Gasteiger partial charge >= 0.3 is 0 Å². The van der Waals surface area contributed by atoms with Gasteiger partial charge in [0.1, 0.15) is 0 Å². The minimum atomic E-state index is -0.815. The van der Waals surface area contributed by atoms with Crippen LogP contribution >= 0.6 is 0 Å². The van der Waals surface area contributed by atoms with Gasteiger partial charge in [0.2, 0.25) is 5.91 Å². The van der Waals surface area contributed by atoms with Gasteiger partial charge in [0.05, 0.1) is 11.6 Å². The molecular weight excluding hydrogens is 168 g/mol. The van der Waals surface area contributed by atoms with Crippen LogP contribution in [0, 0.1) is 0 Å². The Morgan fingerprint density at radius 2 is 2.15 bits per heavy atom. The number of hydrogen-bond acceptors (Lipinski definition) is 3. The van der Waals surface area contributed by atoms with Crippen LogP contribution in [-0.2, 0) is 4.79 Å². The highest BCUT2D eigenvalue weighted by molar-refractivity contribution is 5.84. The summed E-state index contributed by atoms with van der Waals surface area (Å²) >= 11 is 0. The smallest absolute Gasteiger partial charge is 0.239 e. The topological polar surface area (TPSA) is 75.3 Å². The van der Waals surface area contributed by atoms with Gasteiger partial charge in [-0.2, -0.15) is 0 Å². The number of nitrogens with one attached hydrogen (secondary N) is 1. The second-order valence-corrected chi connectivity index (χ2v) is 3.97. The minimum Gasteiger partial charge on any atom is -0.393 e. The van der Waals surface area contributed by atoms with Crippen LogP contribution in [0.3, 0.4) is 0 Å². The molecule has 0 radical (unpaired) electrons. The molecule has 13 heavy (non-hydrogen) atoms. The predicted octanol–water partition coefficient (Wildman–Crippen LogP) is 0.000900. The average Bonchev–Trinajstić information content (AvgIpc) is 1.95. The highest BCUT2D eigenvalue weighted by atomic mass is 16.3. The second-order valence-electron chi connectivity index (χ2n) is 3.97. The molecule has 4 N–H and O–H groups in total. The van der Waals surface area contributed by atoms with Crippen LogP contribution in [-0.4, -0.2) is 29.2 Å². The van der Waals surface area contributed by atoms with Gasteiger partial charge in [-0.15, -0.1) is 0 Å². The SMILES string of the molecule is CC(O)CCCNC(=O)C(C)(C)N. The fourth-order valence-electron chi connectivity index (χ4n) is 0.827. The normalized spacial score (nSPS) is 13.9. The van der Waals surface area contributed by atoms with Crippen LogP contribution in [0.5, 0.6) is 0 Å². The monoisotopic (exact) mass is 188 g/mol. The van der Waals surface area contributed by atoms with E-state index < -0.39 is 5.54 Å². The van der Waals surface area contributed by atoms with E-state index >= 15 is 0 Å². The summed E-state index contributed by atoms with van der Waals surface area (Å²) in [5, 5.41) is 11.6. The molecule has 0 rings (SSSR count). The molecule has 0 fully saturated rings. The third-order valence-corrected chi connectivity index (χ3v) is 1.67. The van der Waals surface area contributed by atoms with Crippen LogP contribution in [0.1, 0.15) is 33.6 Å². The Balaban J connectivity index is 3.49. The summed E-state index contributed by atoms with van der Waals surface area (Å²) in [7, 11) is 0. The van der Waals surface area contributed by atoms with E-state index in [1.807, 2.05) is 0 Å². The first-order valence-electron chi connectivity index (χ1n) is 4.59. The summed E-state index contributed by atoms with van der Waals surface area (Å²) in [5.74, 6) is -0.155. The molecule has 78 valence electrons. The van der Waals surface area contributed by atoms with Crippen molar-refractivity contribution in [3.63, 3.8) is 0 Å². The Morgan fingerprint density at radius 3 is 2.54 bits per heavy atom. The second kappa shape index (κ2) is 5.19.